The van der Waals surface area contributed by atoms with Gasteiger partial charge in [0.15, 0.2) is 0 Å². The number of methoxy groups -OCH3 is 1. The molecule has 140 valence electrons. The van der Waals surface area contributed by atoms with Crippen molar-refractivity contribution in [3.8, 4) is 5.75 Å². The molecule has 2 aromatic rings. The highest BCUT2D eigenvalue weighted by Crippen LogP contribution is 2.30. The van der Waals surface area contributed by atoms with Gasteiger partial charge in [-0.3, -0.25) is 9.10 Å². The van der Waals surface area contributed by atoms with Gasteiger partial charge in [0.25, 0.3) is 0 Å². The zero-order valence-corrected chi connectivity index (χ0v) is 16.3. The summed E-state index contributed by atoms with van der Waals surface area (Å²) in [5.41, 5.74) is 1.22. The number of nitrogens with one attached hydrogen (secondary N) is 1. The number of ether oxygens (including phenoxy) is 1. The number of carbonyl (C=O) groups is 1. The summed E-state index contributed by atoms with van der Waals surface area (Å²) < 4.78 is 30.4. The van der Waals surface area contributed by atoms with Crippen LogP contribution in [0.25, 0.3) is 0 Å². The van der Waals surface area contributed by atoms with Crippen LogP contribution in [0, 0.1) is 0 Å². The van der Waals surface area contributed by atoms with Crippen LogP contribution in [0.2, 0.25) is 5.02 Å². The maximum atomic E-state index is 12.4. The molecule has 8 heteroatoms. The van der Waals surface area contributed by atoms with Gasteiger partial charge in [-0.25, -0.2) is 8.42 Å². The molecule has 1 atom stereocenters. The highest BCUT2D eigenvalue weighted by Gasteiger charge is 2.22. The maximum absolute atomic E-state index is 12.4. The van der Waals surface area contributed by atoms with Crippen molar-refractivity contribution < 1.29 is 17.9 Å². The Kier molecular flexibility index (Phi) is 6.50. The molecule has 0 aliphatic heterocycles. The topological polar surface area (TPSA) is 75.7 Å². The molecule has 26 heavy (non-hydrogen) atoms. The number of hydrogen-bond acceptors (Lipinski definition) is 4. The first-order chi connectivity index (χ1) is 12.2. The van der Waals surface area contributed by atoms with Crippen molar-refractivity contribution in [2.75, 3.05) is 24.2 Å². The van der Waals surface area contributed by atoms with Crippen molar-refractivity contribution in [2.45, 2.75) is 13.0 Å². The number of nitrogens with zero attached hydrogens (tertiary/aromatic N) is 1. The Balaban J connectivity index is 2.18. The van der Waals surface area contributed by atoms with Crippen LogP contribution in [-0.4, -0.2) is 34.2 Å². The van der Waals surface area contributed by atoms with Gasteiger partial charge in [0.2, 0.25) is 15.9 Å². The second-order valence-corrected chi connectivity index (χ2v) is 8.10. The second kappa shape index (κ2) is 8.42. The van der Waals surface area contributed by atoms with Gasteiger partial charge in [0.05, 0.1) is 30.1 Å². The van der Waals surface area contributed by atoms with Crippen molar-refractivity contribution in [3.05, 3.63) is 59.1 Å². The van der Waals surface area contributed by atoms with Gasteiger partial charge in [-0.2, -0.15) is 0 Å². The molecule has 0 spiro atoms. The molecule has 1 amide bonds. The average Bonchev–Trinajstić information content (AvgIpc) is 2.59. The number of benzene rings is 2. The number of halogens is 1. The summed E-state index contributed by atoms with van der Waals surface area (Å²) in [6, 6.07) is 13.7. The van der Waals surface area contributed by atoms with E-state index < -0.39 is 15.9 Å². The van der Waals surface area contributed by atoms with Crippen LogP contribution >= 0.6 is 11.6 Å². The first kappa shape index (κ1) is 20.1. The molecule has 0 fully saturated rings. The molecule has 2 rings (SSSR count). The molecule has 0 bridgehead atoms. The molecule has 2 aromatic carbocycles. The van der Waals surface area contributed by atoms with E-state index in [9.17, 15) is 13.2 Å². The van der Waals surface area contributed by atoms with Crippen LogP contribution < -0.4 is 14.4 Å². The predicted octanol–water partition coefficient (Wildman–Crippen LogP) is 2.99. The third kappa shape index (κ3) is 5.12. The van der Waals surface area contributed by atoms with Gasteiger partial charge < -0.3 is 10.1 Å². The zero-order valence-electron chi connectivity index (χ0n) is 14.8. The van der Waals surface area contributed by atoms with E-state index in [2.05, 4.69) is 5.32 Å². The Hall–Kier alpha value is -2.25. The summed E-state index contributed by atoms with van der Waals surface area (Å²) in [6.45, 7) is 1.49. The molecule has 0 saturated heterocycles. The normalized spacial score (nSPS) is 12.3. The number of anilines is 1. The molecule has 0 radical (unpaired) electrons. The van der Waals surface area contributed by atoms with E-state index in [1.807, 2.05) is 37.3 Å². The van der Waals surface area contributed by atoms with Gasteiger partial charge in [-0.1, -0.05) is 41.9 Å². The van der Waals surface area contributed by atoms with Gasteiger partial charge >= 0.3 is 0 Å². The standard InChI is InChI=1S/C18H21ClN2O4S/c1-13(14-7-5-4-6-8-14)20-18(22)12-21(26(3,23)24)15-9-10-17(25-2)16(19)11-15/h4-11,13H,12H2,1-3H3,(H,20,22). The molecule has 0 saturated carbocycles. The Morgan fingerprint density at radius 2 is 1.88 bits per heavy atom. The Morgan fingerprint density at radius 3 is 2.42 bits per heavy atom. The van der Waals surface area contributed by atoms with E-state index in [4.69, 9.17) is 16.3 Å². The highest BCUT2D eigenvalue weighted by atomic mass is 35.5. The average molecular weight is 397 g/mol. The van der Waals surface area contributed by atoms with Crippen LogP contribution in [-0.2, 0) is 14.8 Å². The Bertz CT molecular complexity index is 872. The summed E-state index contributed by atoms with van der Waals surface area (Å²) in [7, 11) is -2.21. The van der Waals surface area contributed by atoms with Crippen molar-refractivity contribution in [1.82, 2.24) is 5.32 Å². The molecule has 1 unspecified atom stereocenters. The van der Waals surface area contributed by atoms with Crippen molar-refractivity contribution >= 4 is 33.2 Å². The fourth-order valence-corrected chi connectivity index (χ4v) is 3.55. The largest absolute Gasteiger partial charge is 0.495 e. The molecular formula is C18H21ClN2O4S. The number of carbonyl (C=O) groups excluding carboxylic acids is 1. The second-order valence-electron chi connectivity index (χ2n) is 5.79. The summed E-state index contributed by atoms with van der Waals surface area (Å²) >= 11 is 6.08. The molecular weight excluding hydrogens is 376 g/mol. The first-order valence-electron chi connectivity index (χ1n) is 7.88. The molecule has 0 aliphatic rings. The predicted molar refractivity (Wildman–Crippen MR) is 103 cm³/mol. The van der Waals surface area contributed by atoms with E-state index in [1.54, 1.807) is 12.1 Å². The number of amides is 1. The SMILES string of the molecule is COc1ccc(N(CC(=O)NC(C)c2ccccc2)S(C)(=O)=O)cc1Cl. The van der Waals surface area contributed by atoms with Crippen LogP contribution in [0.1, 0.15) is 18.5 Å². The summed E-state index contributed by atoms with van der Waals surface area (Å²) in [5.74, 6) is 0.00439. The fraction of sp³-hybridized carbons (Fsp3) is 0.278. The van der Waals surface area contributed by atoms with Crippen molar-refractivity contribution in [1.29, 1.82) is 0 Å². The third-order valence-electron chi connectivity index (χ3n) is 3.79. The van der Waals surface area contributed by atoms with E-state index in [-0.39, 0.29) is 17.6 Å². The quantitative estimate of drug-likeness (QED) is 0.780. The minimum Gasteiger partial charge on any atom is -0.495 e. The smallest absolute Gasteiger partial charge is 0.241 e. The van der Waals surface area contributed by atoms with Gasteiger partial charge in [-0.05, 0) is 30.7 Å². The first-order valence-corrected chi connectivity index (χ1v) is 10.1. The van der Waals surface area contributed by atoms with Crippen LogP contribution in [0.5, 0.6) is 5.75 Å². The van der Waals surface area contributed by atoms with Crippen molar-refractivity contribution in [3.63, 3.8) is 0 Å². The van der Waals surface area contributed by atoms with E-state index in [1.165, 1.54) is 13.2 Å². The van der Waals surface area contributed by atoms with Crippen LogP contribution in [0.4, 0.5) is 5.69 Å². The fourth-order valence-electron chi connectivity index (χ4n) is 2.45. The zero-order chi connectivity index (χ0) is 19.3. The molecule has 1 N–H and O–H groups in total. The summed E-state index contributed by atoms with van der Waals surface area (Å²) in [5, 5.41) is 3.06. The Morgan fingerprint density at radius 1 is 1.23 bits per heavy atom. The monoisotopic (exact) mass is 396 g/mol. The van der Waals surface area contributed by atoms with E-state index >= 15 is 0 Å². The molecule has 0 heterocycles. The molecule has 6 nitrogen and oxygen atoms in total. The Labute approximate surface area is 158 Å². The van der Waals surface area contributed by atoms with Crippen molar-refractivity contribution in [2.24, 2.45) is 0 Å². The summed E-state index contributed by atoms with van der Waals surface area (Å²) in [4.78, 5) is 12.4. The lowest BCUT2D eigenvalue weighted by Crippen LogP contribution is -2.41. The lowest BCUT2D eigenvalue weighted by molar-refractivity contribution is -0.120. The maximum Gasteiger partial charge on any atom is 0.241 e. The lowest BCUT2D eigenvalue weighted by atomic mass is 10.1. The molecule has 0 aromatic heterocycles. The number of rotatable bonds is 7. The highest BCUT2D eigenvalue weighted by molar-refractivity contribution is 7.92. The third-order valence-corrected chi connectivity index (χ3v) is 5.22. The van der Waals surface area contributed by atoms with Gasteiger partial charge in [0, 0.05) is 0 Å². The number of hydrogen-bond donors (Lipinski definition) is 1. The lowest BCUT2D eigenvalue weighted by Gasteiger charge is -2.23. The summed E-state index contributed by atoms with van der Waals surface area (Å²) in [6.07, 6.45) is 1.04. The van der Waals surface area contributed by atoms with Crippen LogP contribution in [0.3, 0.4) is 0 Å². The van der Waals surface area contributed by atoms with Gasteiger partial charge in [0.1, 0.15) is 12.3 Å². The van der Waals surface area contributed by atoms with E-state index in [0.717, 1.165) is 16.1 Å². The minimum atomic E-state index is -3.68. The van der Waals surface area contributed by atoms with E-state index in [0.29, 0.717) is 11.4 Å². The van der Waals surface area contributed by atoms with Crippen LogP contribution in [0.15, 0.2) is 48.5 Å². The number of sulfonamides is 1. The van der Waals surface area contributed by atoms with Gasteiger partial charge in [-0.15, -0.1) is 0 Å². The minimum absolute atomic E-state index is 0.246. The molecule has 0 aliphatic carbocycles.